The van der Waals surface area contributed by atoms with Crippen LogP contribution in [0.25, 0.3) is 0 Å². The molecule has 0 saturated heterocycles. The Morgan fingerprint density at radius 2 is 1.93 bits per heavy atom. The van der Waals surface area contributed by atoms with E-state index < -0.39 is 0 Å². The maximum absolute atomic E-state index is 5.39. The molecular formula is C11H17N2S+. The third kappa shape index (κ3) is 1.31. The van der Waals surface area contributed by atoms with Gasteiger partial charge >= 0.3 is 4.77 Å². The Morgan fingerprint density at radius 1 is 1.29 bits per heavy atom. The first-order valence-electron chi connectivity index (χ1n) is 5.20. The van der Waals surface area contributed by atoms with Crippen molar-refractivity contribution in [3.8, 4) is 0 Å². The van der Waals surface area contributed by atoms with Gasteiger partial charge in [0.15, 0.2) is 0 Å². The topological polar surface area (TPSA) is 8.81 Å². The van der Waals surface area contributed by atoms with Gasteiger partial charge in [0, 0.05) is 24.2 Å². The van der Waals surface area contributed by atoms with Gasteiger partial charge in [0.2, 0.25) is 0 Å². The molecule has 14 heavy (non-hydrogen) atoms. The van der Waals surface area contributed by atoms with Crippen LogP contribution in [-0.4, -0.2) is 4.57 Å². The van der Waals surface area contributed by atoms with E-state index in [1.54, 1.807) is 0 Å². The fraction of sp³-hybridized carbons (Fsp3) is 0.636. The van der Waals surface area contributed by atoms with Gasteiger partial charge in [-0.2, -0.15) is 0 Å². The van der Waals surface area contributed by atoms with Crippen molar-refractivity contribution in [3.63, 3.8) is 0 Å². The minimum Gasteiger partial charge on any atom is -0.224 e. The molecule has 1 aromatic rings. The summed E-state index contributed by atoms with van der Waals surface area (Å²) in [5, 5.41) is 0. The van der Waals surface area contributed by atoms with E-state index in [1.807, 2.05) is 0 Å². The Bertz CT molecular complexity index is 432. The van der Waals surface area contributed by atoms with Crippen LogP contribution in [0.15, 0.2) is 0 Å². The highest BCUT2D eigenvalue weighted by Crippen LogP contribution is 2.20. The molecule has 0 radical (unpaired) electrons. The first-order chi connectivity index (χ1) is 6.63. The highest BCUT2D eigenvalue weighted by Gasteiger charge is 2.21. The summed E-state index contributed by atoms with van der Waals surface area (Å²) in [5.41, 5.74) is 4.33. The molecule has 2 nitrogen and oxygen atoms in total. The zero-order valence-corrected chi connectivity index (χ0v) is 9.95. The zero-order chi connectivity index (χ0) is 10.3. The summed E-state index contributed by atoms with van der Waals surface area (Å²) in [4.78, 5) is 0. The molecule has 1 aromatic heterocycles. The normalized spacial score (nSPS) is 15.4. The molecule has 1 aliphatic rings. The number of hydrogen-bond donors (Lipinski definition) is 0. The zero-order valence-electron chi connectivity index (χ0n) is 9.13. The smallest absolute Gasteiger partial charge is 0.224 e. The number of hydrogen-bond acceptors (Lipinski definition) is 1. The molecule has 0 unspecified atom stereocenters. The number of fused-ring (bicyclic) bond motifs is 1. The van der Waals surface area contributed by atoms with Crippen LogP contribution in [0.2, 0.25) is 0 Å². The van der Waals surface area contributed by atoms with Crippen LogP contribution in [0.1, 0.15) is 29.8 Å². The van der Waals surface area contributed by atoms with Crippen molar-refractivity contribution in [2.75, 3.05) is 0 Å². The minimum atomic E-state index is 0.933. The van der Waals surface area contributed by atoms with E-state index in [4.69, 9.17) is 12.2 Å². The fourth-order valence-electron chi connectivity index (χ4n) is 2.34. The molecule has 2 rings (SSSR count). The van der Waals surface area contributed by atoms with E-state index in [-0.39, 0.29) is 0 Å². The second-order valence-corrected chi connectivity index (χ2v) is 4.48. The lowest BCUT2D eigenvalue weighted by Crippen LogP contribution is -2.41. The van der Waals surface area contributed by atoms with Crippen molar-refractivity contribution in [1.29, 1.82) is 0 Å². The lowest BCUT2D eigenvalue weighted by Gasteiger charge is -2.17. The first-order valence-corrected chi connectivity index (χ1v) is 5.61. The molecule has 1 aliphatic carbocycles. The van der Waals surface area contributed by atoms with E-state index in [2.05, 4.69) is 30.2 Å². The van der Waals surface area contributed by atoms with Gasteiger partial charge in [-0.15, -0.1) is 0 Å². The van der Waals surface area contributed by atoms with Crippen LogP contribution in [0, 0.1) is 11.7 Å². The molecule has 0 bridgehead atoms. The highest BCUT2D eigenvalue weighted by atomic mass is 32.1. The molecule has 3 heteroatoms. The Morgan fingerprint density at radius 3 is 2.64 bits per heavy atom. The molecule has 0 atom stereocenters. The van der Waals surface area contributed by atoms with E-state index in [0.717, 1.165) is 4.77 Å². The maximum atomic E-state index is 5.39. The maximum Gasteiger partial charge on any atom is 0.350 e. The lowest BCUT2D eigenvalue weighted by atomic mass is 9.94. The lowest BCUT2D eigenvalue weighted by molar-refractivity contribution is -0.691. The van der Waals surface area contributed by atoms with Crippen molar-refractivity contribution in [2.45, 2.75) is 32.6 Å². The Kier molecular flexibility index (Phi) is 2.43. The predicted octanol–water partition coefficient (Wildman–Crippen LogP) is 1.77. The van der Waals surface area contributed by atoms with Gasteiger partial charge in [-0.25, -0.2) is 9.13 Å². The summed E-state index contributed by atoms with van der Waals surface area (Å²) in [6.45, 7) is 2.18. The van der Waals surface area contributed by atoms with Crippen LogP contribution in [0.3, 0.4) is 0 Å². The van der Waals surface area contributed by atoms with Crippen molar-refractivity contribution >= 4 is 12.2 Å². The van der Waals surface area contributed by atoms with Crippen LogP contribution in [0.4, 0.5) is 0 Å². The second kappa shape index (κ2) is 3.46. The average Bonchev–Trinajstić information content (AvgIpc) is 2.23. The van der Waals surface area contributed by atoms with Gasteiger partial charge in [0.25, 0.3) is 0 Å². The van der Waals surface area contributed by atoms with E-state index in [0.29, 0.717) is 0 Å². The molecule has 76 valence electrons. The minimum absolute atomic E-state index is 0.933. The van der Waals surface area contributed by atoms with Gasteiger partial charge in [0.05, 0.1) is 14.1 Å². The van der Waals surface area contributed by atoms with Crippen LogP contribution >= 0.6 is 12.2 Å². The summed E-state index contributed by atoms with van der Waals surface area (Å²) in [6.07, 6.45) is 5.04. The Balaban J connectivity index is 2.78. The van der Waals surface area contributed by atoms with Gasteiger partial charge in [-0.3, -0.25) is 0 Å². The van der Waals surface area contributed by atoms with Gasteiger partial charge in [-0.05, 0) is 26.2 Å². The summed E-state index contributed by atoms with van der Waals surface area (Å²) in [5.74, 6) is 0. The summed E-state index contributed by atoms with van der Waals surface area (Å²) >= 11 is 5.39. The Labute approximate surface area is 90.2 Å². The molecule has 0 fully saturated rings. The molecule has 0 amide bonds. The quantitative estimate of drug-likeness (QED) is 0.467. The largest absolute Gasteiger partial charge is 0.350 e. The summed E-state index contributed by atoms with van der Waals surface area (Å²) < 4.78 is 5.24. The fourth-order valence-corrected chi connectivity index (χ4v) is 2.58. The number of nitrogens with zero attached hydrogens (tertiary/aromatic N) is 2. The standard InChI is InChI=1S/C11H17N2S/c1-8-9-6-4-5-7-10(9)13(3)11(14)12(8)2/h4-7H2,1-3H3/q+1. The first kappa shape index (κ1) is 9.84. The van der Waals surface area contributed by atoms with Gasteiger partial charge < -0.3 is 0 Å². The van der Waals surface area contributed by atoms with Gasteiger partial charge in [-0.1, -0.05) is 0 Å². The molecule has 0 spiro atoms. The van der Waals surface area contributed by atoms with Crippen molar-refractivity contribution in [3.05, 3.63) is 21.7 Å². The third-order valence-electron chi connectivity index (χ3n) is 3.36. The predicted molar refractivity (Wildman–Crippen MR) is 58.8 cm³/mol. The Hall–Kier alpha value is -0.700. The highest BCUT2D eigenvalue weighted by molar-refractivity contribution is 7.71. The molecule has 0 aromatic carbocycles. The molecule has 0 saturated carbocycles. The molecule has 0 N–H and O–H groups in total. The van der Waals surface area contributed by atoms with Crippen LogP contribution in [-0.2, 0) is 26.9 Å². The molecule has 0 aliphatic heterocycles. The van der Waals surface area contributed by atoms with Crippen LogP contribution < -0.4 is 4.57 Å². The third-order valence-corrected chi connectivity index (χ3v) is 3.91. The second-order valence-electron chi connectivity index (χ2n) is 4.12. The molecular weight excluding hydrogens is 192 g/mol. The van der Waals surface area contributed by atoms with Crippen molar-refractivity contribution in [1.82, 2.24) is 4.57 Å². The van der Waals surface area contributed by atoms with E-state index in [1.165, 1.54) is 42.6 Å². The van der Waals surface area contributed by atoms with Gasteiger partial charge in [0.1, 0.15) is 11.4 Å². The summed E-state index contributed by atoms with van der Waals surface area (Å²) in [7, 11) is 4.15. The molecule has 1 heterocycles. The summed E-state index contributed by atoms with van der Waals surface area (Å²) in [6, 6.07) is 0. The van der Waals surface area contributed by atoms with Crippen molar-refractivity contribution < 1.29 is 4.57 Å². The average molecular weight is 209 g/mol. The SMILES string of the molecule is Cc1c2c([n+](C)c(=S)n1C)CCCC2. The monoisotopic (exact) mass is 209 g/mol. The van der Waals surface area contributed by atoms with E-state index in [9.17, 15) is 0 Å². The van der Waals surface area contributed by atoms with Crippen molar-refractivity contribution in [2.24, 2.45) is 14.1 Å². The number of rotatable bonds is 0. The van der Waals surface area contributed by atoms with Crippen LogP contribution in [0.5, 0.6) is 0 Å². The number of aromatic nitrogens is 2. The van der Waals surface area contributed by atoms with E-state index >= 15 is 0 Å².